The molecule has 24 heavy (non-hydrogen) atoms. The fourth-order valence-corrected chi connectivity index (χ4v) is 3.21. The molecular formula is C17H21N5OS. The highest BCUT2D eigenvalue weighted by Gasteiger charge is 2.14. The van der Waals surface area contributed by atoms with E-state index in [2.05, 4.69) is 32.8 Å². The number of rotatable bonds is 8. The van der Waals surface area contributed by atoms with Crippen LogP contribution in [0.15, 0.2) is 36.0 Å². The standard InChI is InChI=1S/C17H21N5OS/c1-2-6-18-9-10-21-17(23)15-14(5-11-24-15)22-13-4-8-20-16-12(13)3-7-19-16/h3-5,7-8,11,18H,2,6,9-10H2,1H3,(H,21,23)(H2,19,20,22). The van der Waals surface area contributed by atoms with E-state index < -0.39 is 0 Å². The number of hydrogen-bond donors (Lipinski definition) is 4. The van der Waals surface area contributed by atoms with Crippen molar-refractivity contribution in [2.24, 2.45) is 0 Å². The van der Waals surface area contributed by atoms with Gasteiger partial charge in [0.05, 0.1) is 11.4 Å². The predicted octanol–water partition coefficient (Wildman–Crippen LogP) is 3.10. The maximum absolute atomic E-state index is 12.4. The Morgan fingerprint density at radius 2 is 2.12 bits per heavy atom. The SMILES string of the molecule is CCCNCCNC(=O)c1sccc1Nc1ccnc2[nH]ccc12. The van der Waals surface area contributed by atoms with E-state index in [9.17, 15) is 4.79 Å². The molecule has 4 N–H and O–H groups in total. The van der Waals surface area contributed by atoms with E-state index in [1.807, 2.05) is 29.8 Å². The first-order chi connectivity index (χ1) is 11.8. The third-order valence-corrected chi connectivity index (χ3v) is 4.53. The molecule has 0 bridgehead atoms. The van der Waals surface area contributed by atoms with Gasteiger partial charge in [-0.25, -0.2) is 4.98 Å². The average Bonchev–Trinajstić information content (AvgIpc) is 3.24. The van der Waals surface area contributed by atoms with E-state index in [0.29, 0.717) is 11.4 Å². The van der Waals surface area contributed by atoms with Gasteiger partial charge in [0.2, 0.25) is 0 Å². The smallest absolute Gasteiger partial charge is 0.263 e. The van der Waals surface area contributed by atoms with Crippen LogP contribution in [-0.4, -0.2) is 35.5 Å². The van der Waals surface area contributed by atoms with E-state index in [0.717, 1.165) is 41.9 Å². The lowest BCUT2D eigenvalue weighted by molar-refractivity contribution is 0.0959. The molecule has 0 atom stereocenters. The zero-order chi connectivity index (χ0) is 16.8. The molecule has 0 aliphatic heterocycles. The molecule has 6 nitrogen and oxygen atoms in total. The summed E-state index contributed by atoms with van der Waals surface area (Å²) in [6.45, 7) is 4.49. The van der Waals surface area contributed by atoms with Gasteiger partial charge < -0.3 is 20.9 Å². The summed E-state index contributed by atoms with van der Waals surface area (Å²) in [5.74, 6) is -0.0508. The average molecular weight is 343 g/mol. The van der Waals surface area contributed by atoms with Crippen molar-refractivity contribution in [2.75, 3.05) is 25.0 Å². The van der Waals surface area contributed by atoms with E-state index in [1.54, 1.807) is 6.20 Å². The van der Waals surface area contributed by atoms with Gasteiger partial charge in [-0.3, -0.25) is 4.79 Å². The van der Waals surface area contributed by atoms with Crippen LogP contribution in [0.1, 0.15) is 23.0 Å². The minimum atomic E-state index is -0.0508. The Balaban J connectivity index is 1.67. The lowest BCUT2D eigenvalue weighted by Gasteiger charge is -2.09. The Labute approximate surface area is 144 Å². The summed E-state index contributed by atoms with van der Waals surface area (Å²) >= 11 is 1.43. The van der Waals surface area contributed by atoms with Gasteiger partial charge in [-0.15, -0.1) is 11.3 Å². The molecule has 0 unspecified atom stereocenters. The van der Waals surface area contributed by atoms with Crippen molar-refractivity contribution < 1.29 is 4.79 Å². The summed E-state index contributed by atoms with van der Waals surface area (Å²) < 4.78 is 0. The van der Waals surface area contributed by atoms with Gasteiger partial charge in [-0.2, -0.15) is 0 Å². The van der Waals surface area contributed by atoms with Crippen LogP contribution in [0.4, 0.5) is 11.4 Å². The molecule has 0 spiro atoms. The predicted molar refractivity (Wildman–Crippen MR) is 99.2 cm³/mol. The number of carbonyl (C=O) groups is 1. The van der Waals surface area contributed by atoms with Crippen LogP contribution in [-0.2, 0) is 0 Å². The van der Waals surface area contributed by atoms with E-state index in [4.69, 9.17) is 0 Å². The van der Waals surface area contributed by atoms with E-state index in [1.165, 1.54) is 11.3 Å². The molecule has 0 saturated carbocycles. The largest absolute Gasteiger partial charge is 0.354 e. The van der Waals surface area contributed by atoms with Crippen LogP contribution < -0.4 is 16.0 Å². The Kier molecular flexibility index (Phi) is 5.45. The molecule has 0 aliphatic carbocycles. The normalized spacial score (nSPS) is 10.9. The topological polar surface area (TPSA) is 81.8 Å². The molecule has 0 saturated heterocycles. The molecule has 0 aliphatic rings. The second kappa shape index (κ2) is 7.94. The lowest BCUT2D eigenvalue weighted by Crippen LogP contribution is -2.31. The summed E-state index contributed by atoms with van der Waals surface area (Å²) in [6, 6.07) is 5.80. The summed E-state index contributed by atoms with van der Waals surface area (Å²) in [7, 11) is 0. The van der Waals surface area contributed by atoms with Gasteiger partial charge in [0.1, 0.15) is 10.5 Å². The van der Waals surface area contributed by atoms with Crippen molar-refractivity contribution >= 4 is 39.7 Å². The van der Waals surface area contributed by atoms with Crippen molar-refractivity contribution in [2.45, 2.75) is 13.3 Å². The molecule has 0 radical (unpaired) electrons. The quantitative estimate of drug-likeness (QED) is 0.474. The summed E-state index contributed by atoms with van der Waals surface area (Å²) in [5, 5.41) is 12.5. The Bertz CT molecular complexity index is 810. The zero-order valence-electron chi connectivity index (χ0n) is 13.6. The van der Waals surface area contributed by atoms with E-state index >= 15 is 0 Å². The van der Waals surface area contributed by atoms with Gasteiger partial charge in [0.25, 0.3) is 5.91 Å². The van der Waals surface area contributed by atoms with E-state index in [-0.39, 0.29) is 5.91 Å². The number of H-pyrrole nitrogens is 1. The number of fused-ring (bicyclic) bond motifs is 1. The number of thiophene rings is 1. The number of aromatic nitrogens is 2. The minimum absolute atomic E-state index is 0.0508. The lowest BCUT2D eigenvalue weighted by atomic mass is 10.2. The number of aromatic amines is 1. The fraction of sp³-hybridized carbons (Fsp3) is 0.294. The Morgan fingerprint density at radius 3 is 3.00 bits per heavy atom. The van der Waals surface area contributed by atoms with Crippen molar-refractivity contribution in [1.82, 2.24) is 20.6 Å². The molecule has 126 valence electrons. The number of pyridine rings is 1. The molecule has 3 aromatic heterocycles. The van der Waals surface area contributed by atoms with Crippen LogP contribution in [0.5, 0.6) is 0 Å². The van der Waals surface area contributed by atoms with Crippen LogP contribution in [0.2, 0.25) is 0 Å². The molecule has 7 heteroatoms. The highest BCUT2D eigenvalue weighted by atomic mass is 32.1. The number of amides is 1. The zero-order valence-corrected chi connectivity index (χ0v) is 14.4. The number of hydrogen-bond acceptors (Lipinski definition) is 5. The Hall–Kier alpha value is -2.38. The Morgan fingerprint density at radius 1 is 1.21 bits per heavy atom. The molecule has 3 rings (SSSR count). The van der Waals surface area contributed by atoms with Gasteiger partial charge in [-0.1, -0.05) is 6.92 Å². The first kappa shape index (κ1) is 16.5. The maximum Gasteiger partial charge on any atom is 0.263 e. The highest BCUT2D eigenvalue weighted by Crippen LogP contribution is 2.29. The first-order valence-electron chi connectivity index (χ1n) is 8.05. The molecule has 3 aromatic rings. The highest BCUT2D eigenvalue weighted by molar-refractivity contribution is 7.12. The van der Waals surface area contributed by atoms with Gasteiger partial charge in [0, 0.05) is 30.9 Å². The van der Waals surface area contributed by atoms with Gasteiger partial charge >= 0.3 is 0 Å². The fourth-order valence-electron chi connectivity index (χ4n) is 2.44. The van der Waals surface area contributed by atoms with Crippen LogP contribution in [0, 0.1) is 0 Å². The second-order valence-corrected chi connectivity index (χ2v) is 6.31. The summed E-state index contributed by atoms with van der Waals surface area (Å²) in [4.78, 5) is 20.4. The first-order valence-corrected chi connectivity index (χ1v) is 8.93. The van der Waals surface area contributed by atoms with Crippen molar-refractivity contribution in [1.29, 1.82) is 0 Å². The number of carbonyl (C=O) groups excluding carboxylic acids is 1. The third-order valence-electron chi connectivity index (χ3n) is 3.62. The van der Waals surface area contributed by atoms with Crippen LogP contribution in [0.3, 0.4) is 0 Å². The van der Waals surface area contributed by atoms with Gasteiger partial charge in [-0.05, 0) is 36.5 Å². The second-order valence-electron chi connectivity index (χ2n) is 5.39. The summed E-state index contributed by atoms with van der Waals surface area (Å²) in [5.41, 5.74) is 2.56. The minimum Gasteiger partial charge on any atom is -0.354 e. The van der Waals surface area contributed by atoms with Gasteiger partial charge in [0.15, 0.2) is 0 Å². The number of anilines is 2. The van der Waals surface area contributed by atoms with Crippen molar-refractivity contribution in [3.8, 4) is 0 Å². The molecule has 1 amide bonds. The molecule has 0 aromatic carbocycles. The number of nitrogens with zero attached hydrogens (tertiary/aromatic N) is 1. The number of nitrogens with one attached hydrogen (secondary N) is 4. The molecule has 0 fully saturated rings. The van der Waals surface area contributed by atoms with Crippen molar-refractivity contribution in [3.63, 3.8) is 0 Å². The monoisotopic (exact) mass is 343 g/mol. The van der Waals surface area contributed by atoms with Crippen molar-refractivity contribution in [3.05, 3.63) is 40.8 Å². The van der Waals surface area contributed by atoms with Crippen LogP contribution in [0.25, 0.3) is 11.0 Å². The third kappa shape index (κ3) is 3.74. The molecular weight excluding hydrogens is 322 g/mol. The summed E-state index contributed by atoms with van der Waals surface area (Å²) in [6.07, 6.45) is 4.69. The maximum atomic E-state index is 12.4. The van der Waals surface area contributed by atoms with Crippen LogP contribution >= 0.6 is 11.3 Å². The molecule has 3 heterocycles.